The largest absolute Gasteiger partial charge is 0.361 e. The van der Waals surface area contributed by atoms with Crippen molar-refractivity contribution in [3.05, 3.63) is 28.5 Å². The van der Waals surface area contributed by atoms with Crippen LogP contribution in [0.1, 0.15) is 6.42 Å². The predicted octanol–water partition coefficient (Wildman–Crippen LogP) is 2.37. The van der Waals surface area contributed by atoms with E-state index < -0.39 is 0 Å². The minimum Gasteiger partial charge on any atom is -0.361 e. The van der Waals surface area contributed by atoms with Crippen molar-refractivity contribution < 1.29 is 9.18 Å². The quantitative estimate of drug-likeness (QED) is 0.770. The number of carbonyl (C=O) groups is 1. The van der Waals surface area contributed by atoms with Crippen LogP contribution in [0.4, 0.5) is 10.1 Å². The fourth-order valence-electron chi connectivity index (χ4n) is 1.57. The maximum Gasteiger partial charge on any atom is 0.160 e. The summed E-state index contributed by atoms with van der Waals surface area (Å²) in [5, 5.41) is 0. The lowest BCUT2D eigenvalue weighted by Crippen LogP contribution is -2.20. The highest BCUT2D eigenvalue weighted by Crippen LogP contribution is 2.27. The molecule has 1 aromatic carbocycles. The van der Waals surface area contributed by atoms with Crippen LogP contribution in [-0.2, 0) is 4.79 Å². The normalized spacial score (nSPS) is 16.4. The van der Waals surface area contributed by atoms with Crippen molar-refractivity contribution in [3.63, 3.8) is 0 Å². The highest BCUT2D eigenvalue weighted by Gasteiger charge is 2.22. The van der Waals surface area contributed by atoms with Crippen molar-refractivity contribution in [3.8, 4) is 0 Å². The molecule has 0 amide bonds. The number of halogens is 2. The van der Waals surface area contributed by atoms with Crippen molar-refractivity contribution in [2.75, 3.05) is 18.0 Å². The number of hydrogen-bond acceptors (Lipinski definition) is 2. The van der Waals surface area contributed by atoms with Gasteiger partial charge in [0.2, 0.25) is 0 Å². The Morgan fingerprint density at radius 2 is 2.21 bits per heavy atom. The summed E-state index contributed by atoms with van der Waals surface area (Å²) in [7, 11) is 0. The van der Waals surface area contributed by atoms with E-state index in [9.17, 15) is 9.18 Å². The third kappa shape index (κ3) is 1.66. The fraction of sp³-hybridized carbons (Fsp3) is 0.300. The van der Waals surface area contributed by atoms with Crippen LogP contribution in [0.3, 0.4) is 0 Å². The van der Waals surface area contributed by atoms with Gasteiger partial charge < -0.3 is 4.90 Å². The molecule has 0 saturated carbocycles. The van der Waals surface area contributed by atoms with E-state index >= 15 is 0 Å². The van der Waals surface area contributed by atoms with Crippen molar-refractivity contribution >= 4 is 27.4 Å². The van der Waals surface area contributed by atoms with Gasteiger partial charge in [-0.25, -0.2) is 4.39 Å². The number of nitrogens with zero attached hydrogens (tertiary/aromatic N) is 1. The molecule has 1 heterocycles. The topological polar surface area (TPSA) is 20.3 Å². The van der Waals surface area contributed by atoms with E-state index in [1.54, 1.807) is 23.1 Å². The van der Waals surface area contributed by atoms with Crippen LogP contribution in [0, 0.1) is 5.82 Å². The Kier molecular flexibility index (Phi) is 2.54. The third-order valence-electron chi connectivity index (χ3n) is 2.30. The average Bonchev–Trinajstić information content (AvgIpc) is 2.57. The van der Waals surface area contributed by atoms with Gasteiger partial charge in [-0.1, -0.05) is 6.07 Å². The summed E-state index contributed by atoms with van der Waals surface area (Å²) in [5.74, 6) is -0.119. The molecule has 1 aromatic rings. The monoisotopic (exact) mass is 257 g/mol. The van der Waals surface area contributed by atoms with Crippen LogP contribution in [0.5, 0.6) is 0 Å². The van der Waals surface area contributed by atoms with E-state index in [1.165, 1.54) is 0 Å². The number of ketones is 1. The van der Waals surface area contributed by atoms with Gasteiger partial charge in [0, 0.05) is 13.0 Å². The van der Waals surface area contributed by atoms with E-state index in [1.807, 2.05) is 0 Å². The second-order valence-corrected chi connectivity index (χ2v) is 4.14. The maximum atomic E-state index is 13.6. The molecule has 0 unspecified atom stereocenters. The van der Waals surface area contributed by atoms with Gasteiger partial charge in [0.1, 0.15) is 0 Å². The number of carbonyl (C=O) groups excluding carboxylic acids is 1. The average molecular weight is 258 g/mol. The standard InChI is InChI=1S/C10H9BrFNO/c11-8-2-1-3-9(10(8)12)13-5-4-7(14)6-13/h1-3H,4-6H2. The predicted molar refractivity (Wildman–Crippen MR) is 55.9 cm³/mol. The smallest absolute Gasteiger partial charge is 0.160 e. The maximum absolute atomic E-state index is 13.6. The van der Waals surface area contributed by atoms with E-state index in [0.29, 0.717) is 29.7 Å². The van der Waals surface area contributed by atoms with Crippen LogP contribution in [-0.4, -0.2) is 18.9 Å². The van der Waals surface area contributed by atoms with Crippen LogP contribution >= 0.6 is 15.9 Å². The molecule has 0 radical (unpaired) electrons. The van der Waals surface area contributed by atoms with Gasteiger partial charge in [-0.05, 0) is 28.1 Å². The molecule has 1 aliphatic heterocycles. The van der Waals surface area contributed by atoms with Crippen LogP contribution in [0.2, 0.25) is 0 Å². The molecule has 14 heavy (non-hydrogen) atoms. The Balaban J connectivity index is 2.32. The van der Waals surface area contributed by atoms with E-state index in [4.69, 9.17) is 0 Å². The molecule has 0 bridgehead atoms. The second kappa shape index (κ2) is 3.69. The zero-order valence-electron chi connectivity index (χ0n) is 7.46. The molecule has 0 N–H and O–H groups in total. The first-order chi connectivity index (χ1) is 6.68. The third-order valence-corrected chi connectivity index (χ3v) is 2.91. The lowest BCUT2D eigenvalue weighted by molar-refractivity contribution is -0.116. The molecule has 4 heteroatoms. The fourth-order valence-corrected chi connectivity index (χ4v) is 1.93. The van der Waals surface area contributed by atoms with Gasteiger partial charge >= 0.3 is 0 Å². The number of benzene rings is 1. The van der Waals surface area contributed by atoms with Gasteiger partial charge in [0.25, 0.3) is 0 Å². The van der Waals surface area contributed by atoms with Crippen molar-refractivity contribution in [2.24, 2.45) is 0 Å². The second-order valence-electron chi connectivity index (χ2n) is 3.28. The first-order valence-electron chi connectivity index (χ1n) is 4.39. The van der Waals surface area contributed by atoms with Gasteiger partial charge in [0.05, 0.1) is 16.7 Å². The van der Waals surface area contributed by atoms with E-state index in [-0.39, 0.29) is 11.6 Å². The molecule has 1 aliphatic rings. The van der Waals surface area contributed by atoms with Crippen molar-refractivity contribution in [1.82, 2.24) is 0 Å². The van der Waals surface area contributed by atoms with Gasteiger partial charge in [-0.2, -0.15) is 0 Å². The Morgan fingerprint density at radius 1 is 1.43 bits per heavy atom. The molecule has 1 fully saturated rings. The number of hydrogen-bond donors (Lipinski definition) is 0. The first kappa shape index (κ1) is 9.65. The van der Waals surface area contributed by atoms with Gasteiger partial charge in [-0.15, -0.1) is 0 Å². The highest BCUT2D eigenvalue weighted by atomic mass is 79.9. The Hall–Kier alpha value is -0.900. The molecule has 2 rings (SSSR count). The molecule has 0 atom stereocenters. The number of anilines is 1. The van der Waals surface area contributed by atoms with Gasteiger partial charge in [-0.3, -0.25) is 4.79 Å². The minimum absolute atomic E-state index is 0.171. The lowest BCUT2D eigenvalue weighted by Gasteiger charge is -2.17. The zero-order valence-corrected chi connectivity index (χ0v) is 9.05. The molecule has 2 nitrogen and oxygen atoms in total. The molecular weight excluding hydrogens is 249 g/mol. The Labute approximate surface area is 89.8 Å². The Bertz CT molecular complexity index is 380. The minimum atomic E-state index is -0.290. The van der Waals surface area contributed by atoms with Crippen LogP contribution in [0.15, 0.2) is 22.7 Å². The highest BCUT2D eigenvalue weighted by molar-refractivity contribution is 9.10. The molecule has 74 valence electrons. The summed E-state index contributed by atoms with van der Waals surface area (Å²) in [6.07, 6.45) is 0.520. The first-order valence-corrected chi connectivity index (χ1v) is 5.18. The summed E-state index contributed by atoms with van der Waals surface area (Å²) >= 11 is 3.12. The van der Waals surface area contributed by atoms with Crippen molar-refractivity contribution in [2.45, 2.75) is 6.42 Å². The van der Waals surface area contributed by atoms with Crippen molar-refractivity contribution in [1.29, 1.82) is 0 Å². The summed E-state index contributed by atoms with van der Waals surface area (Å²) in [6.45, 7) is 0.944. The molecule has 1 saturated heterocycles. The summed E-state index contributed by atoms with van der Waals surface area (Å²) in [6, 6.07) is 5.11. The molecule has 0 spiro atoms. The summed E-state index contributed by atoms with van der Waals surface area (Å²) in [4.78, 5) is 12.8. The zero-order chi connectivity index (χ0) is 10.1. The summed E-state index contributed by atoms with van der Waals surface area (Å²) < 4.78 is 14.0. The Morgan fingerprint density at radius 3 is 2.86 bits per heavy atom. The van der Waals surface area contributed by atoms with Crippen LogP contribution < -0.4 is 4.90 Å². The SMILES string of the molecule is O=C1CCN(c2cccc(Br)c2F)C1. The van der Waals surface area contributed by atoms with Gasteiger partial charge in [0.15, 0.2) is 11.6 Å². The molecule has 0 aliphatic carbocycles. The lowest BCUT2D eigenvalue weighted by atomic mass is 10.3. The molecule has 0 aromatic heterocycles. The number of Topliss-reactive ketones (excluding diaryl/α,β-unsaturated/α-hetero) is 1. The number of rotatable bonds is 1. The van der Waals surface area contributed by atoms with Crippen LogP contribution in [0.25, 0.3) is 0 Å². The molecular formula is C10H9BrFNO. The van der Waals surface area contributed by atoms with E-state index in [2.05, 4.69) is 15.9 Å². The summed E-state index contributed by atoms with van der Waals surface area (Å²) in [5.41, 5.74) is 0.505. The van der Waals surface area contributed by atoms with E-state index in [0.717, 1.165) is 0 Å².